The van der Waals surface area contributed by atoms with Crippen LogP contribution < -0.4 is 4.74 Å². The van der Waals surface area contributed by atoms with E-state index in [9.17, 15) is 9.90 Å². The topological polar surface area (TPSA) is 46.5 Å². The fourth-order valence-corrected chi connectivity index (χ4v) is 2.90. The molecule has 0 aromatic heterocycles. The number of carboxylic acid groups (broad SMARTS) is 1. The third kappa shape index (κ3) is 5.50. The molecule has 0 bridgehead atoms. The molecular formula is C21H25ClO3. The van der Waals surface area contributed by atoms with Crippen LogP contribution in [0.5, 0.6) is 5.75 Å². The van der Waals surface area contributed by atoms with Gasteiger partial charge in [-0.05, 0) is 53.8 Å². The van der Waals surface area contributed by atoms with E-state index in [-0.39, 0.29) is 0 Å². The molecule has 0 radical (unpaired) electrons. The van der Waals surface area contributed by atoms with Gasteiger partial charge in [-0.2, -0.15) is 0 Å². The highest BCUT2D eigenvalue weighted by atomic mass is 35.5. The molecule has 0 saturated carbocycles. The van der Waals surface area contributed by atoms with Gasteiger partial charge in [-0.3, -0.25) is 4.79 Å². The second-order valence-corrected chi connectivity index (χ2v) is 6.62. The van der Waals surface area contributed by atoms with Gasteiger partial charge in [-0.1, -0.05) is 56.5 Å². The summed E-state index contributed by atoms with van der Waals surface area (Å²) in [6.07, 6.45) is 3.38. The lowest BCUT2D eigenvalue weighted by Crippen LogP contribution is -2.12. The number of benzene rings is 2. The molecule has 2 aromatic rings. The number of ether oxygens (including phenoxy) is 1. The second kappa shape index (κ2) is 9.47. The van der Waals surface area contributed by atoms with Crippen LogP contribution in [-0.2, 0) is 4.79 Å². The molecule has 2 rings (SSSR count). The highest BCUT2D eigenvalue weighted by Gasteiger charge is 2.21. The monoisotopic (exact) mass is 360 g/mol. The van der Waals surface area contributed by atoms with Crippen molar-refractivity contribution in [2.75, 3.05) is 6.61 Å². The van der Waals surface area contributed by atoms with Gasteiger partial charge in [0.05, 0.1) is 12.5 Å². The van der Waals surface area contributed by atoms with Crippen molar-refractivity contribution >= 4 is 17.6 Å². The molecule has 0 spiro atoms. The van der Waals surface area contributed by atoms with Crippen molar-refractivity contribution in [3.05, 3.63) is 53.1 Å². The van der Waals surface area contributed by atoms with Gasteiger partial charge in [0.15, 0.2) is 0 Å². The van der Waals surface area contributed by atoms with E-state index in [1.165, 1.54) is 0 Å². The van der Waals surface area contributed by atoms with Crippen molar-refractivity contribution in [2.45, 2.75) is 45.4 Å². The van der Waals surface area contributed by atoms with Crippen LogP contribution in [0.3, 0.4) is 0 Å². The average molecular weight is 361 g/mol. The fraction of sp³-hybridized carbons (Fsp3) is 0.381. The molecule has 1 atom stereocenters. The molecule has 4 heteroatoms. The highest BCUT2D eigenvalue weighted by molar-refractivity contribution is 6.30. The maximum absolute atomic E-state index is 11.8. The van der Waals surface area contributed by atoms with E-state index in [0.717, 1.165) is 36.0 Å². The Labute approximate surface area is 154 Å². The molecule has 0 aliphatic rings. The van der Waals surface area contributed by atoms with Crippen molar-refractivity contribution < 1.29 is 14.6 Å². The fourth-order valence-electron chi connectivity index (χ4n) is 2.78. The summed E-state index contributed by atoms with van der Waals surface area (Å²) in [6, 6.07) is 13.3. The van der Waals surface area contributed by atoms with E-state index >= 15 is 0 Å². The van der Waals surface area contributed by atoms with Gasteiger partial charge < -0.3 is 9.84 Å². The normalized spacial score (nSPS) is 12.0. The number of hydrogen-bond donors (Lipinski definition) is 1. The molecule has 2 aromatic carbocycles. The third-order valence-electron chi connectivity index (χ3n) is 4.13. The quantitative estimate of drug-likeness (QED) is 0.583. The lowest BCUT2D eigenvalue weighted by Gasteiger charge is -2.16. The lowest BCUT2D eigenvalue weighted by atomic mass is 9.91. The summed E-state index contributed by atoms with van der Waals surface area (Å²) < 4.78 is 5.80. The Hall–Kier alpha value is -2.00. The number of hydrogen-bond acceptors (Lipinski definition) is 2. The highest BCUT2D eigenvalue weighted by Crippen LogP contribution is 2.32. The number of carbonyl (C=O) groups is 1. The van der Waals surface area contributed by atoms with E-state index in [1.54, 1.807) is 0 Å². The second-order valence-electron chi connectivity index (χ2n) is 6.18. The SMILES string of the molecule is CCCCC(C(=O)O)c1cc(OCCC)cc(-c2ccc(Cl)cc2)c1. The third-order valence-corrected chi connectivity index (χ3v) is 4.38. The molecular weight excluding hydrogens is 336 g/mol. The molecule has 134 valence electrons. The zero-order valence-corrected chi connectivity index (χ0v) is 15.6. The number of halogens is 1. The molecule has 0 aliphatic carbocycles. The van der Waals surface area contributed by atoms with Gasteiger partial charge in [-0.25, -0.2) is 0 Å². The van der Waals surface area contributed by atoms with Crippen LogP contribution in [0.4, 0.5) is 0 Å². The molecule has 1 N–H and O–H groups in total. The van der Waals surface area contributed by atoms with Crippen LogP contribution in [0, 0.1) is 0 Å². The van der Waals surface area contributed by atoms with Crippen LogP contribution >= 0.6 is 11.6 Å². The Kier molecular flexibility index (Phi) is 7.32. The number of rotatable bonds is 9. The van der Waals surface area contributed by atoms with Gasteiger partial charge in [0.25, 0.3) is 0 Å². The van der Waals surface area contributed by atoms with Crippen molar-refractivity contribution in [3.8, 4) is 16.9 Å². The van der Waals surface area contributed by atoms with Crippen molar-refractivity contribution in [3.63, 3.8) is 0 Å². The van der Waals surface area contributed by atoms with Crippen molar-refractivity contribution in [1.82, 2.24) is 0 Å². The van der Waals surface area contributed by atoms with Gasteiger partial charge in [-0.15, -0.1) is 0 Å². The summed E-state index contributed by atoms with van der Waals surface area (Å²) in [6.45, 7) is 4.72. The van der Waals surface area contributed by atoms with Gasteiger partial charge in [0.2, 0.25) is 0 Å². The molecule has 0 amide bonds. The zero-order chi connectivity index (χ0) is 18.2. The predicted molar refractivity (Wildman–Crippen MR) is 103 cm³/mol. The molecule has 0 heterocycles. The zero-order valence-electron chi connectivity index (χ0n) is 14.8. The molecule has 0 saturated heterocycles. The Morgan fingerprint density at radius 2 is 1.80 bits per heavy atom. The van der Waals surface area contributed by atoms with Gasteiger partial charge >= 0.3 is 5.97 Å². The van der Waals surface area contributed by atoms with Crippen LogP contribution in [0.1, 0.15) is 51.0 Å². The average Bonchev–Trinajstić information content (AvgIpc) is 2.60. The smallest absolute Gasteiger partial charge is 0.310 e. The molecule has 1 unspecified atom stereocenters. The first-order valence-corrected chi connectivity index (χ1v) is 9.19. The van der Waals surface area contributed by atoms with Gasteiger partial charge in [0.1, 0.15) is 5.75 Å². The number of carboxylic acids is 1. The van der Waals surface area contributed by atoms with Crippen LogP contribution in [0.25, 0.3) is 11.1 Å². The first-order valence-electron chi connectivity index (χ1n) is 8.81. The standard InChI is InChI=1S/C21H25ClO3/c1-3-5-6-20(21(23)24)17-12-16(13-19(14-17)25-11-4-2)15-7-9-18(22)10-8-15/h7-10,12-14,20H,3-6,11H2,1-2H3,(H,23,24). The van der Waals surface area contributed by atoms with E-state index in [4.69, 9.17) is 16.3 Å². The Balaban J connectivity index is 2.44. The largest absolute Gasteiger partial charge is 0.494 e. The first kappa shape index (κ1) is 19.3. The lowest BCUT2D eigenvalue weighted by molar-refractivity contribution is -0.139. The van der Waals surface area contributed by atoms with E-state index < -0.39 is 11.9 Å². The summed E-state index contributed by atoms with van der Waals surface area (Å²) in [5, 5.41) is 10.3. The summed E-state index contributed by atoms with van der Waals surface area (Å²) in [5.41, 5.74) is 2.73. The maximum atomic E-state index is 11.8. The predicted octanol–water partition coefficient (Wildman–Crippen LogP) is 6.15. The van der Waals surface area contributed by atoms with E-state index in [2.05, 4.69) is 6.92 Å². The van der Waals surface area contributed by atoms with E-state index in [1.807, 2.05) is 49.4 Å². The summed E-state index contributed by atoms with van der Waals surface area (Å²) in [4.78, 5) is 11.8. The minimum absolute atomic E-state index is 0.517. The molecule has 0 aliphatic heterocycles. The number of unbranched alkanes of at least 4 members (excludes halogenated alkanes) is 1. The van der Waals surface area contributed by atoms with E-state index in [0.29, 0.717) is 23.8 Å². The Bertz CT molecular complexity index is 695. The van der Waals surface area contributed by atoms with Gasteiger partial charge in [0, 0.05) is 5.02 Å². The van der Waals surface area contributed by atoms with Crippen molar-refractivity contribution in [1.29, 1.82) is 0 Å². The first-order chi connectivity index (χ1) is 12.0. The minimum atomic E-state index is -0.789. The molecule has 0 fully saturated rings. The van der Waals surface area contributed by atoms with Crippen molar-refractivity contribution in [2.24, 2.45) is 0 Å². The summed E-state index contributed by atoms with van der Waals surface area (Å²) in [7, 11) is 0. The molecule has 25 heavy (non-hydrogen) atoms. The maximum Gasteiger partial charge on any atom is 0.310 e. The van der Waals surface area contributed by atoms with Crippen LogP contribution in [0.15, 0.2) is 42.5 Å². The summed E-state index contributed by atoms with van der Waals surface area (Å²) >= 11 is 5.98. The van der Waals surface area contributed by atoms with Crippen LogP contribution in [0.2, 0.25) is 5.02 Å². The van der Waals surface area contributed by atoms with Crippen LogP contribution in [-0.4, -0.2) is 17.7 Å². The number of aliphatic carboxylic acids is 1. The molecule has 3 nitrogen and oxygen atoms in total. The Morgan fingerprint density at radius 3 is 2.40 bits per heavy atom. The Morgan fingerprint density at radius 1 is 1.08 bits per heavy atom. The summed E-state index contributed by atoms with van der Waals surface area (Å²) in [5.74, 6) is -0.591. The minimum Gasteiger partial charge on any atom is -0.494 e.